The van der Waals surface area contributed by atoms with E-state index in [1.807, 2.05) is 19.1 Å². The summed E-state index contributed by atoms with van der Waals surface area (Å²) >= 11 is 0. The highest BCUT2D eigenvalue weighted by molar-refractivity contribution is 5.81. The van der Waals surface area contributed by atoms with Crippen molar-refractivity contribution in [2.75, 3.05) is 6.54 Å². The monoisotopic (exact) mass is 221 g/mol. The molecule has 0 aliphatic carbocycles. The van der Waals surface area contributed by atoms with Crippen LogP contribution in [0.15, 0.2) is 24.5 Å². The number of carbonyl (C=O) groups excluding carboxylic acids is 1. The van der Waals surface area contributed by atoms with Gasteiger partial charge in [-0.3, -0.25) is 9.78 Å². The Balaban J connectivity index is 2.23. The first-order chi connectivity index (χ1) is 7.74. The first kappa shape index (κ1) is 12.6. The molecule has 1 atom stereocenters. The van der Waals surface area contributed by atoms with Gasteiger partial charge in [0, 0.05) is 18.9 Å². The Hall–Kier alpha value is -1.42. The highest BCUT2D eigenvalue weighted by Crippen LogP contribution is 1.97. The van der Waals surface area contributed by atoms with Crippen LogP contribution in [0.2, 0.25) is 0 Å². The van der Waals surface area contributed by atoms with Crippen molar-refractivity contribution in [1.82, 2.24) is 10.3 Å². The number of hydrogen-bond acceptors (Lipinski definition) is 3. The Morgan fingerprint density at radius 2 is 2.19 bits per heavy atom. The molecule has 1 rings (SSSR count). The maximum atomic E-state index is 11.5. The van der Waals surface area contributed by atoms with Crippen LogP contribution in [0, 0.1) is 0 Å². The van der Waals surface area contributed by atoms with Crippen LogP contribution in [0.3, 0.4) is 0 Å². The van der Waals surface area contributed by atoms with E-state index in [1.54, 1.807) is 12.4 Å². The number of amides is 1. The Morgan fingerprint density at radius 1 is 1.50 bits per heavy atom. The second kappa shape index (κ2) is 6.95. The average Bonchev–Trinajstić information content (AvgIpc) is 2.30. The molecular formula is C12H19N3O. The van der Waals surface area contributed by atoms with Crippen molar-refractivity contribution < 1.29 is 4.79 Å². The topological polar surface area (TPSA) is 68.0 Å². The van der Waals surface area contributed by atoms with Crippen LogP contribution in [0.5, 0.6) is 0 Å². The summed E-state index contributed by atoms with van der Waals surface area (Å²) in [6.07, 6.45) is 5.98. The molecule has 3 N–H and O–H groups in total. The van der Waals surface area contributed by atoms with Crippen molar-refractivity contribution in [2.24, 2.45) is 5.73 Å². The number of pyridine rings is 1. The van der Waals surface area contributed by atoms with Crippen LogP contribution in [-0.4, -0.2) is 23.5 Å². The number of hydrogen-bond donors (Lipinski definition) is 2. The largest absolute Gasteiger partial charge is 0.354 e. The molecule has 0 aliphatic heterocycles. The zero-order valence-corrected chi connectivity index (χ0v) is 9.65. The molecule has 0 saturated carbocycles. The zero-order valence-electron chi connectivity index (χ0n) is 9.65. The number of aromatic nitrogens is 1. The molecule has 1 aromatic rings. The van der Waals surface area contributed by atoms with Crippen molar-refractivity contribution in [3.05, 3.63) is 30.1 Å². The summed E-state index contributed by atoms with van der Waals surface area (Å²) in [4.78, 5) is 15.4. The van der Waals surface area contributed by atoms with Gasteiger partial charge in [0.05, 0.1) is 6.04 Å². The number of nitrogens with two attached hydrogens (primary N) is 1. The number of nitrogens with one attached hydrogen (secondary N) is 1. The number of rotatable bonds is 6. The summed E-state index contributed by atoms with van der Waals surface area (Å²) in [5.74, 6) is -0.0593. The standard InChI is InChI=1S/C12H19N3O/c1-2-3-11(13)12(16)15-9-6-10-4-7-14-8-5-10/h4-5,7-8,11H,2-3,6,9,13H2,1H3,(H,15,16). The van der Waals surface area contributed by atoms with Crippen molar-refractivity contribution >= 4 is 5.91 Å². The second-order valence-corrected chi connectivity index (χ2v) is 3.79. The van der Waals surface area contributed by atoms with Gasteiger partial charge in [-0.2, -0.15) is 0 Å². The van der Waals surface area contributed by atoms with Crippen molar-refractivity contribution in [2.45, 2.75) is 32.2 Å². The molecule has 0 spiro atoms. The van der Waals surface area contributed by atoms with Gasteiger partial charge in [-0.1, -0.05) is 13.3 Å². The molecule has 4 nitrogen and oxygen atoms in total. The van der Waals surface area contributed by atoms with Gasteiger partial charge in [-0.05, 0) is 30.5 Å². The van der Waals surface area contributed by atoms with E-state index in [4.69, 9.17) is 5.73 Å². The van der Waals surface area contributed by atoms with E-state index in [-0.39, 0.29) is 11.9 Å². The van der Waals surface area contributed by atoms with Gasteiger partial charge < -0.3 is 11.1 Å². The Kier molecular flexibility index (Phi) is 5.50. The third-order valence-electron chi connectivity index (χ3n) is 2.40. The molecule has 88 valence electrons. The van der Waals surface area contributed by atoms with E-state index >= 15 is 0 Å². The van der Waals surface area contributed by atoms with Crippen LogP contribution in [0.1, 0.15) is 25.3 Å². The molecule has 0 saturated heterocycles. The minimum absolute atomic E-state index is 0.0593. The first-order valence-electron chi connectivity index (χ1n) is 5.66. The average molecular weight is 221 g/mol. The molecule has 0 radical (unpaired) electrons. The normalized spacial score (nSPS) is 12.1. The first-order valence-corrected chi connectivity index (χ1v) is 5.66. The predicted molar refractivity (Wildman–Crippen MR) is 63.8 cm³/mol. The zero-order chi connectivity index (χ0) is 11.8. The molecule has 0 fully saturated rings. The van der Waals surface area contributed by atoms with Crippen LogP contribution < -0.4 is 11.1 Å². The van der Waals surface area contributed by atoms with Gasteiger partial charge in [-0.15, -0.1) is 0 Å². The lowest BCUT2D eigenvalue weighted by Crippen LogP contribution is -2.41. The predicted octanol–water partition coefficient (Wildman–Crippen LogP) is 0.868. The van der Waals surface area contributed by atoms with Crippen LogP contribution in [0.4, 0.5) is 0 Å². The lowest BCUT2D eigenvalue weighted by atomic mass is 10.1. The third kappa shape index (κ3) is 4.40. The molecule has 16 heavy (non-hydrogen) atoms. The van der Waals surface area contributed by atoms with Crippen LogP contribution in [0.25, 0.3) is 0 Å². The molecule has 0 aliphatic rings. The third-order valence-corrected chi connectivity index (χ3v) is 2.40. The van der Waals surface area contributed by atoms with E-state index in [2.05, 4.69) is 10.3 Å². The summed E-state index contributed by atoms with van der Waals surface area (Å²) in [6.45, 7) is 2.64. The van der Waals surface area contributed by atoms with Crippen LogP contribution in [-0.2, 0) is 11.2 Å². The minimum atomic E-state index is -0.373. The fourth-order valence-corrected chi connectivity index (χ4v) is 1.45. The Bertz CT molecular complexity index is 313. The molecular weight excluding hydrogens is 202 g/mol. The van der Waals surface area contributed by atoms with Crippen molar-refractivity contribution in [3.63, 3.8) is 0 Å². The molecule has 1 aromatic heterocycles. The van der Waals surface area contributed by atoms with Gasteiger partial charge in [0.2, 0.25) is 5.91 Å². The van der Waals surface area contributed by atoms with E-state index < -0.39 is 0 Å². The van der Waals surface area contributed by atoms with E-state index in [0.717, 1.165) is 19.3 Å². The fourth-order valence-electron chi connectivity index (χ4n) is 1.45. The molecule has 0 bridgehead atoms. The van der Waals surface area contributed by atoms with E-state index in [0.29, 0.717) is 6.54 Å². The summed E-state index contributed by atoms with van der Waals surface area (Å²) < 4.78 is 0. The SMILES string of the molecule is CCCC(N)C(=O)NCCc1ccncc1. The highest BCUT2D eigenvalue weighted by Gasteiger charge is 2.10. The van der Waals surface area contributed by atoms with Crippen molar-refractivity contribution in [1.29, 1.82) is 0 Å². The van der Waals surface area contributed by atoms with E-state index in [9.17, 15) is 4.79 Å². The lowest BCUT2D eigenvalue weighted by molar-refractivity contribution is -0.122. The van der Waals surface area contributed by atoms with Gasteiger partial charge in [0.1, 0.15) is 0 Å². The highest BCUT2D eigenvalue weighted by atomic mass is 16.2. The van der Waals surface area contributed by atoms with Gasteiger partial charge in [0.15, 0.2) is 0 Å². The van der Waals surface area contributed by atoms with Gasteiger partial charge in [0.25, 0.3) is 0 Å². The lowest BCUT2D eigenvalue weighted by Gasteiger charge is -2.10. The molecule has 0 aromatic carbocycles. The second-order valence-electron chi connectivity index (χ2n) is 3.79. The van der Waals surface area contributed by atoms with Crippen LogP contribution >= 0.6 is 0 Å². The Morgan fingerprint density at radius 3 is 2.81 bits per heavy atom. The molecule has 4 heteroatoms. The number of nitrogens with zero attached hydrogens (tertiary/aromatic N) is 1. The summed E-state index contributed by atoms with van der Waals surface area (Å²) in [5, 5.41) is 2.83. The van der Waals surface area contributed by atoms with Gasteiger partial charge in [-0.25, -0.2) is 0 Å². The molecule has 1 heterocycles. The fraction of sp³-hybridized carbons (Fsp3) is 0.500. The molecule has 1 unspecified atom stereocenters. The van der Waals surface area contributed by atoms with Crippen molar-refractivity contribution in [3.8, 4) is 0 Å². The number of carbonyl (C=O) groups is 1. The smallest absolute Gasteiger partial charge is 0.236 e. The summed E-state index contributed by atoms with van der Waals surface area (Å²) in [7, 11) is 0. The molecule has 1 amide bonds. The maximum absolute atomic E-state index is 11.5. The summed E-state index contributed by atoms with van der Waals surface area (Å²) in [5.41, 5.74) is 6.85. The minimum Gasteiger partial charge on any atom is -0.354 e. The summed E-state index contributed by atoms with van der Waals surface area (Å²) in [6, 6.07) is 3.51. The van der Waals surface area contributed by atoms with E-state index in [1.165, 1.54) is 5.56 Å². The quantitative estimate of drug-likeness (QED) is 0.749. The Labute approximate surface area is 96.3 Å². The maximum Gasteiger partial charge on any atom is 0.236 e. The van der Waals surface area contributed by atoms with Gasteiger partial charge >= 0.3 is 0 Å².